The van der Waals surface area contributed by atoms with Gasteiger partial charge in [0.2, 0.25) is 0 Å². The van der Waals surface area contributed by atoms with E-state index in [9.17, 15) is 0 Å². The van der Waals surface area contributed by atoms with E-state index in [0.717, 1.165) is 0 Å². The van der Waals surface area contributed by atoms with Crippen molar-refractivity contribution in [2.45, 2.75) is 116 Å². The van der Waals surface area contributed by atoms with Crippen LogP contribution >= 0.6 is 0 Å². The minimum Gasteiger partial charge on any atom is -0.0839 e. The Hall–Kier alpha value is -1.04. The molecular weight excluding hydrogens is 312 g/mol. The van der Waals surface area contributed by atoms with Crippen molar-refractivity contribution >= 4 is 6.08 Å². The van der Waals surface area contributed by atoms with E-state index in [1.54, 1.807) is 0 Å². The maximum Gasteiger partial charge on any atom is -0.0260 e. The van der Waals surface area contributed by atoms with Crippen LogP contribution in [0.1, 0.15) is 122 Å². The quantitative estimate of drug-likeness (QED) is 0.230. The summed E-state index contributed by atoms with van der Waals surface area (Å²) >= 11 is 0. The zero-order valence-electron chi connectivity index (χ0n) is 17.6. The van der Waals surface area contributed by atoms with Gasteiger partial charge in [-0.1, -0.05) is 146 Å². The molecule has 0 heteroatoms. The third-order valence-electron chi connectivity index (χ3n) is 5.33. The summed E-state index contributed by atoms with van der Waals surface area (Å²) in [6.07, 6.45) is 28.9. The Bertz CT molecular complexity index is 403. The van der Waals surface area contributed by atoms with Crippen LogP contribution in [0.25, 0.3) is 6.08 Å². The molecule has 0 aliphatic rings. The molecule has 0 saturated heterocycles. The summed E-state index contributed by atoms with van der Waals surface area (Å²) in [5.41, 5.74) is 1.32. The zero-order valence-corrected chi connectivity index (χ0v) is 17.6. The molecule has 0 fully saturated rings. The average molecular weight is 357 g/mol. The first-order valence-corrected chi connectivity index (χ1v) is 11.6. The molecule has 0 aromatic heterocycles. The fourth-order valence-corrected chi connectivity index (χ4v) is 3.59. The van der Waals surface area contributed by atoms with E-state index >= 15 is 0 Å². The molecule has 1 aromatic carbocycles. The fourth-order valence-electron chi connectivity index (χ4n) is 3.59. The number of hydrogen-bond acceptors (Lipinski definition) is 0. The normalized spacial score (nSPS) is 11.4. The predicted molar refractivity (Wildman–Crippen MR) is 120 cm³/mol. The number of unbranched alkanes of at least 4 members (excludes halogenated alkanes) is 16. The molecule has 0 unspecified atom stereocenters. The molecule has 1 aromatic rings. The molecule has 0 N–H and O–H groups in total. The zero-order chi connectivity index (χ0) is 18.5. The van der Waals surface area contributed by atoms with Gasteiger partial charge in [-0.15, -0.1) is 0 Å². The van der Waals surface area contributed by atoms with Crippen molar-refractivity contribution in [1.82, 2.24) is 0 Å². The Morgan fingerprint density at radius 3 is 1.42 bits per heavy atom. The second-order valence-corrected chi connectivity index (χ2v) is 7.91. The minimum absolute atomic E-state index is 1.23. The lowest BCUT2D eigenvalue weighted by molar-refractivity contribution is 0.530. The van der Waals surface area contributed by atoms with E-state index in [1.165, 1.54) is 115 Å². The van der Waals surface area contributed by atoms with Crippen molar-refractivity contribution < 1.29 is 0 Å². The molecule has 0 spiro atoms. The van der Waals surface area contributed by atoms with Gasteiger partial charge in [-0.2, -0.15) is 0 Å². The van der Waals surface area contributed by atoms with Gasteiger partial charge in [-0.3, -0.25) is 0 Å². The van der Waals surface area contributed by atoms with Crippen LogP contribution in [0.15, 0.2) is 36.4 Å². The molecule has 0 heterocycles. The Labute approximate surface area is 164 Å². The monoisotopic (exact) mass is 356 g/mol. The lowest BCUT2D eigenvalue weighted by Crippen LogP contribution is -1.83. The van der Waals surface area contributed by atoms with Crippen molar-refractivity contribution in [1.29, 1.82) is 0 Å². The van der Waals surface area contributed by atoms with Crippen molar-refractivity contribution in [2.75, 3.05) is 0 Å². The highest BCUT2D eigenvalue weighted by molar-refractivity contribution is 5.48. The number of rotatable bonds is 18. The predicted octanol–water partition coefficient (Wildman–Crippen LogP) is 9.35. The lowest BCUT2D eigenvalue weighted by atomic mass is 10.0. The highest BCUT2D eigenvalue weighted by atomic mass is 14.0. The molecule has 0 saturated carbocycles. The van der Waals surface area contributed by atoms with Gasteiger partial charge in [-0.25, -0.2) is 0 Å². The molecule has 0 bridgehead atoms. The Morgan fingerprint density at radius 1 is 0.538 bits per heavy atom. The molecular formula is C26H44. The molecule has 148 valence electrons. The summed E-state index contributed by atoms with van der Waals surface area (Å²) in [5, 5.41) is 0. The molecule has 1 rings (SSSR count). The molecule has 0 radical (unpaired) electrons. The second-order valence-electron chi connectivity index (χ2n) is 7.91. The van der Waals surface area contributed by atoms with Crippen molar-refractivity contribution in [3.8, 4) is 0 Å². The van der Waals surface area contributed by atoms with Crippen molar-refractivity contribution in [3.63, 3.8) is 0 Å². The third-order valence-corrected chi connectivity index (χ3v) is 5.33. The lowest BCUT2D eigenvalue weighted by Gasteiger charge is -2.03. The van der Waals surface area contributed by atoms with Gasteiger partial charge in [0.05, 0.1) is 0 Å². The first-order valence-electron chi connectivity index (χ1n) is 11.6. The van der Waals surface area contributed by atoms with Gasteiger partial charge in [0.25, 0.3) is 0 Å². The maximum absolute atomic E-state index is 2.33. The topological polar surface area (TPSA) is 0 Å². The van der Waals surface area contributed by atoms with E-state index in [2.05, 4.69) is 49.4 Å². The molecule has 26 heavy (non-hydrogen) atoms. The van der Waals surface area contributed by atoms with Gasteiger partial charge in [0.15, 0.2) is 0 Å². The van der Waals surface area contributed by atoms with Gasteiger partial charge >= 0.3 is 0 Å². The summed E-state index contributed by atoms with van der Waals surface area (Å²) in [6, 6.07) is 10.6. The fraction of sp³-hybridized carbons (Fsp3) is 0.692. The van der Waals surface area contributed by atoms with Crippen LogP contribution in [0.2, 0.25) is 0 Å². The minimum atomic E-state index is 1.23. The first-order chi connectivity index (χ1) is 12.9. The summed E-state index contributed by atoms with van der Waals surface area (Å²) in [5.74, 6) is 0. The molecule has 0 nitrogen and oxygen atoms in total. The van der Waals surface area contributed by atoms with Gasteiger partial charge in [0.1, 0.15) is 0 Å². The van der Waals surface area contributed by atoms with Crippen molar-refractivity contribution in [3.05, 3.63) is 42.0 Å². The van der Waals surface area contributed by atoms with E-state index in [-0.39, 0.29) is 0 Å². The number of benzene rings is 1. The second kappa shape index (κ2) is 18.7. The smallest absolute Gasteiger partial charge is 0.0260 e. The highest BCUT2D eigenvalue weighted by Gasteiger charge is 1.94. The van der Waals surface area contributed by atoms with E-state index in [0.29, 0.717) is 0 Å². The summed E-state index contributed by atoms with van der Waals surface area (Å²) in [7, 11) is 0. The average Bonchev–Trinajstić information content (AvgIpc) is 2.68. The molecule has 0 aliphatic heterocycles. The van der Waals surface area contributed by atoms with E-state index in [4.69, 9.17) is 0 Å². The number of allylic oxidation sites excluding steroid dienone is 1. The summed E-state index contributed by atoms with van der Waals surface area (Å²) in [6.45, 7) is 2.30. The Morgan fingerprint density at radius 2 is 0.962 bits per heavy atom. The Kier molecular flexibility index (Phi) is 16.6. The summed E-state index contributed by atoms with van der Waals surface area (Å²) < 4.78 is 0. The standard InChI is InChI=1S/C26H44/c1-2-3-4-5-6-7-8-9-10-11-12-13-14-15-16-17-18-20-23-26-24-21-19-22-25-26/h19-25H,2-18H2,1H3/b23-20+. The van der Waals surface area contributed by atoms with Crippen molar-refractivity contribution in [2.24, 2.45) is 0 Å². The van der Waals surface area contributed by atoms with Crippen LogP contribution in [0, 0.1) is 0 Å². The largest absolute Gasteiger partial charge is 0.0839 e. The van der Waals surface area contributed by atoms with Gasteiger partial charge in [0, 0.05) is 0 Å². The molecule has 0 aliphatic carbocycles. The third kappa shape index (κ3) is 15.2. The van der Waals surface area contributed by atoms with Crippen LogP contribution in [0.3, 0.4) is 0 Å². The Balaban J connectivity index is 1.73. The van der Waals surface area contributed by atoms with Crippen LogP contribution in [-0.4, -0.2) is 0 Å². The molecule has 0 atom stereocenters. The van der Waals surface area contributed by atoms with Crippen LogP contribution in [0.4, 0.5) is 0 Å². The summed E-state index contributed by atoms with van der Waals surface area (Å²) in [4.78, 5) is 0. The first kappa shape index (κ1) is 23.0. The van der Waals surface area contributed by atoms with Gasteiger partial charge in [-0.05, 0) is 18.4 Å². The van der Waals surface area contributed by atoms with E-state index in [1.807, 2.05) is 0 Å². The van der Waals surface area contributed by atoms with Gasteiger partial charge < -0.3 is 0 Å². The number of hydrogen-bond donors (Lipinski definition) is 0. The maximum atomic E-state index is 2.33. The molecule has 0 amide bonds. The van der Waals surface area contributed by atoms with Crippen LogP contribution in [-0.2, 0) is 0 Å². The van der Waals surface area contributed by atoms with E-state index < -0.39 is 0 Å². The SMILES string of the molecule is CCCCCCCCCCCCCCCCCC/C=C/c1ccccc1. The van der Waals surface area contributed by atoms with Crippen LogP contribution in [0.5, 0.6) is 0 Å². The van der Waals surface area contributed by atoms with Crippen LogP contribution < -0.4 is 0 Å². The highest BCUT2D eigenvalue weighted by Crippen LogP contribution is 2.14.